The highest BCUT2D eigenvalue weighted by atomic mass is 16.2. The Balaban J connectivity index is 0.000000254. The summed E-state index contributed by atoms with van der Waals surface area (Å²) >= 11 is 0. The van der Waals surface area contributed by atoms with Crippen molar-refractivity contribution in [2.75, 3.05) is 14.1 Å². The molecule has 3 rings (SSSR count). The molecule has 0 aliphatic heterocycles. The van der Waals surface area contributed by atoms with Gasteiger partial charge in [0.1, 0.15) is 0 Å². The van der Waals surface area contributed by atoms with Gasteiger partial charge < -0.3 is 4.90 Å². The van der Waals surface area contributed by atoms with E-state index in [2.05, 4.69) is 0 Å². The maximum Gasteiger partial charge on any atom is 0.234 e. The van der Waals surface area contributed by atoms with Crippen LogP contribution in [0.2, 0.25) is 0 Å². The first-order chi connectivity index (χ1) is 12.5. The van der Waals surface area contributed by atoms with Crippen molar-refractivity contribution in [3.05, 3.63) is 96.1 Å². The van der Waals surface area contributed by atoms with Crippen LogP contribution in [0.3, 0.4) is 0 Å². The van der Waals surface area contributed by atoms with E-state index in [1.54, 1.807) is 19.0 Å². The van der Waals surface area contributed by atoms with E-state index in [-0.39, 0.29) is 23.4 Å². The summed E-state index contributed by atoms with van der Waals surface area (Å²) < 4.78 is 0. The highest BCUT2D eigenvalue weighted by Crippen LogP contribution is 2.25. The van der Waals surface area contributed by atoms with E-state index in [9.17, 15) is 14.4 Å². The molecule has 4 nitrogen and oxygen atoms in total. The maximum absolute atomic E-state index is 12.4. The fraction of sp³-hybridized carbons (Fsp3) is 0.136. The van der Waals surface area contributed by atoms with Crippen molar-refractivity contribution >= 4 is 17.5 Å². The van der Waals surface area contributed by atoms with Crippen LogP contribution in [0.5, 0.6) is 0 Å². The number of rotatable bonds is 3. The van der Waals surface area contributed by atoms with E-state index >= 15 is 0 Å². The third kappa shape index (κ3) is 5.38. The summed E-state index contributed by atoms with van der Waals surface area (Å²) in [4.78, 5) is 34.6. The molecule has 2 aromatic rings. The molecular formula is C22H21NO3. The SMILES string of the molecule is CN(C)C(=O)C(c1ccccc1)c1ccccc1.O=C1C=CC(=O)C=C1. The van der Waals surface area contributed by atoms with E-state index in [1.807, 2.05) is 60.7 Å². The first kappa shape index (κ1) is 19.1. The highest BCUT2D eigenvalue weighted by Gasteiger charge is 2.23. The lowest BCUT2D eigenvalue weighted by atomic mass is 9.90. The summed E-state index contributed by atoms with van der Waals surface area (Å²) in [6.45, 7) is 0. The summed E-state index contributed by atoms with van der Waals surface area (Å²) in [6, 6.07) is 19.8. The van der Waals surface area contributed by atoms with Gasteiger partial charge in [-0.1, -0.05) is 60.7 Å². The summed E-state index contributed by atoms with van der Waals surface area (Å²) in [5.41, 5.74) is 2.06. The van der Waals surface area contributed by atoms with Crippen LogP contribution < -0.4 is 0 Å². The number of carbonyl (C=O) groups is 3. The molecule has 0 aromatic heterocycles. The second-order valence-electron chi connectivity index (χ2n) is 5.96. The summed E-state index contributed by atoms with van der Waals surface area (Å²) in [7, 11) is 3.59. The lowest BCUT2D eigenvalue weighted by Gasteiger charge is -2.21. The van der Waals surface area contributed by atoms with Crippen molar-refractivity contribution in [2.45, 2.75) is 5.92 Å². The number of hydrogen-bond acceptors (Lipinski definition) is 3. The highest BCUT2D eigenvalue weighted by molar-refractivity contribution is 6.14. The van der Waals surface area contributed by atoms with Gasteiger partial charge in [-0.05, 0) is 35.4 Å². The van der Waals surface area contributed by atoms with Crippen LogP contribution in [0.15, 0.2) is 85.0 Å². The first-order valence-electron chi connectivity index (χ1n) is 8.24. The molecule has 0 fully saturated rings. The minimum absolute atomic E-state index is 0.104. The Kier molecular flexibility index (Phi) is 6.80. The molecule has 0 heterocycles. The van der Waals surface area contributed by atoms with Gasteiger partial charge in [-0.3, -0.25) is 14.4 Å². The Hall–Kier alpha value is -3.27. The van der Waals surface area contributed by atoms with Crippen molar-refractivity contribution in [1.29, 1.82) is 0 Å². The number of nitrogens with zero attached hydrogens (tertiary/aromatic N) is 1. The molecule has 1 aliphatic carbocycles. The fourth-order valence-corrected chi connectivity index (χ4v) is 2.47. The molecule has 1 amide bonds. The molecular weight excluding hydrogens is 326 g/mol. The molecule has 26 heavy (non-hydrogen) atoms. The smallest absolute Gasteiger partial charge is 0.234 e. The van der Waals surface area contributed by atoms with Crippen LogP contribution in [-0.4, -0.2) is 36.5 Å². The molecule has 0 spiro atoms. The molecule has 0 N–H and O–H groups in total. The Labute approximate surface area is 153 Å². The fourth-order valence-electron chi connectivity index (χ4n) is 2.47. The van der Waals surface area contributed by atoms with Crippen LogP contribution in [0, 0.1) is 0 Å². The Morgan fingerprint density at radius 1 is 0.692 bits per heavy atom. The summed E-state index contributed by atoms with van der Waals surface area (Å²) in [5.74, 6) is -0.357. The van der Waals surface area contributed by atoms with Gasteiger partial charge in [0.15, 0.2) is 11.6 Å². The standard InChI is InChI=1S/C16H17NO.C6H4O2/c1-17(2)16(18)15(13-9-5-3-6-10-13)14-11-7-4-8-12-14;7-5-1-2-6(8)4-3-5/h3-12,15H,1-2H3;1-4H. The van der Waals surface area contributed by atoms with E-state index in [4.69, 9.17) is 0 Å². The molecule has 0 saturated heterocycles. The lowest BCUT2D eigenvalue weighted by Crippen LogP contribution is -2.28. The number of carbonyl (C=O) groups excluding carboxylic acids is 3. The third-order valence-electron chi connectivity index (χ3n) is 3.78. The third-order valence-corrected chi connectivity index (χ3v) is 3.78. The largest absolute Gasteiger partial charge is 0.348 e. The zero-order valence-electron chi connectivity index (χ0n) is 14.8. The minimum Gasteiger partial charge on any atom is -0.348 e. The van der Waals surface area contributed by atoms with Crippen molar-refractivity contribution in [1.82, 2.24) is 4.90 Å². The Morgan fingerprint density at radius 3 is 1.35 bits per heavy atom. The molecule has 0 saturated carbocycles. The number of benzene rings is 2. The molecule has 0 atom stereocenters. The summed E-state index contributed by atoms with van der Waals surface area (Å²) in [6.07, 6.45) is 5.01. The number of ketones is 2. The van der Waals surface area contributed by atoms with Crippen LogP contribution in [0.4, 0.5) is 0 Å². The zero-order chi connectivity index (χ0) is 18.9. The predicted octanol–water partition coefficient (Wildman–Crippen LogP) is 3.16. The Bertz CT molecular complexity index is 743. The lowest BCUT2D eigenvalue weighted by molar-refractivity contribution is -0.129. The van der Waals surface area contributed by atoms with Gasteiger partial charge in [0.2, 0.25) is 5.91 Å². The maximum atomic E-state index is 12.4. The van der Waals surface area contributed by atoms with Gasteiger partial charge in [-0.2, -0.15) is 0 Å². The molecule has 0 radical (unpaired) electrons. The van der Waals surface area contributed by atoms with Crippen molar-refractivity contribution in [2.24, 2.45) is 0 Å². The molecule has 1 aliphatic rings. The van der Waals surface area contributed by atoms with Crippen molar-refractivity contribution < 1.29 is 14.4 Å². The molecule has 0 unspecified atom stereocenters. The first-order valence-corrected chi connectivity index (χ1v) is 8.24. The molecule has 0 bridgehead atoms. The van der Waals surface area contributed by atoms with Gasteiger partial charge in [0.25, 0.3) is 0 Å². The number of amides is 1. The average molecular weight is 347 g/mol. The second kappa shape index (κ2) is 9.28. The number of hydrogen-bond donors (Lipinski definition) is 0. The normalized spacial score (nSPS) is 12.6. The van der Waals surface area contributed by atoms with Gasteiger partial charge >= 0.3 is 0 Å². The number of likely N-dealkylation sites (N-methyl/N-ethyl adjacent to an activating group) is 1. The van der Waals surface area contributed by atoms with Crippen molar-refractivity contribution in [3.63, 3.8) is 0 Å². The second-order valence-corrected chi connectivity index (χ2v) is 5.96. The van der Waals surface area contributed by atoms with E-state index in [0.717, 1.165) is 11.1 Å². The van der Waals surface area contributed by atoms with Gasteiger partial charge in [0.05, 0.1) is 5.92 Å². The average Bonchev–Trinajstić information content (AvgIpc) is 2.66. The van der Waals surface area contributed by atoms with E-state index in [0.29, 0.717) is 0 Å². The molecule has 2 aromatic carbocycles. The van der Waals surface area contributed by atoms with Crippen LogP contribution >= 0.6 is 0 Å². The van der Waals surface area contributed by atoms with Crippen molar-refractivity contribution in [3.8, 4) is 0 Å². The van der Waals surface area contributed by atoms with Gasteiger partial charge in [-0.25, -0.2) is 0 Å². The van der Waals surface area contributed by atoms with Gasteiger partial charge in [-0.15, -0.1) is 0 Å². The predicted molar refractivity (Wildman–Crippen MR) is 102 cm³/mol. The van der Waals surface area contributed by atoms with Gasteiger partial charge in [0, 0.05) is 14.1 Å². The van der Waals surface area contributed by atoms with Crippen LogP contribution in [-0.2, 0) is 14.4 Å². The van der Waals surface area contributed by atoms with Crippen LogP contribution in [0.1, 0.15) is 17.0 Å². The van der Waals surface area contributed by atoms with E-state index < -0.39 is 0 Å². The Morgan fingerprint density at radius 2 is 1.04 bits per heavy atom. The van der Waals surface area contributed by atoms with Crippen LogP contribution in [0.25, 0.3) is 0 Å². The quantitative estimate of drug-likeness (QED) is 0.802. The molecule has 4 heteroatoms. The minimum atomic E-state index is -0.220. The van der Waals surface area contributed by atoms with E-state index in [1.165, 1.54) is 24.3 Å². The summed E-state index contributed by atoms with van der Waals surface area (Å²) in [5, 5.41) is 0. The topological polar surface area (TPSA) is 54.5 Å². The number of allylic oxidation sites excluding steroid dienone is 4. The monoisotopic (exact) mass is 347 g/mol. The molecule has 132 valence electrons. The zero-order valence-corrected chi connectivity index (χ0v) is 14.8.